The Kier molecular flexibility index (Phi) is 4.02. The number of anilines is 1. The maximum absolute atomic E-state index is 12.7. The van der Waals surface area contributed by atoms with Gasteiger partial charge in [-0.15, -0.1) is 0 Å². The molecule has 0 N–H and O–H groups in total. The van der Waals surface area contributed by atoms with E-state index in [1.165, 1.54) is 4.57 Å². The molecular formula is C16H18N2O3S. The first-order valence-corrected chi connectivity index (χ1v) is 8.11. The average Bonchev–Trinajstić information content (AvgIpc) is 2.85. The van der Waals surface area contributed by atoms with Crippen molar-refractivity contribution in [1.29, 1.82) is 0 Å². The molecule has 1 aliphatic heterocycles. The minimum atomic E-state index is -0.0943. The van der Waals surface area contributed by atoms with E-state index in [2.05, 4.69) is 0 Å². The molecule has 6 heteroatoms. The predicted molar refractivity (Wildman–Crippen MR) is 87.0 cm³/mol. The van der Waals surface area contributed by atoms with Crippen LogP contribution in [0.5, 0.6) is 5.75 Å². The maximum atomic E-state index is 12.7. The summed E-state index contributed by atoms with van der Waals surface area (Å²) in [5.74, 6) is 0.633. The van der Waals surface area contributed by atoms with Gasteiger partial charge in [0.25, 0.3) is 0 Å². The molecule has 2 heterocycles. The van der Waals surface area contributed by atoms with Gasteiger partial charge in [-0.25, -0.2) is 0 Å². The molecule has 1 aliphatic rings. The van der Waals surface area contributed by atoms with Gasteiger partial charge < -0.3 is 9.64 Å². The zero-order valence-electron chi connectivity index (χ0n) is 12.7. The fraction of sp³-hybridized carbons (Fsp3) is 0.375. The number of aromatic nitrogens is 1. The number of carbonyl (C=O) groups is 1. The number of methoxy groups -OCH3 is 1. The summed E-state index contributed by atoms with van der Waals surface area (Å²) in [7, 11) is 1.61. The van der Waals surface area contributed by atoms with Gasteiger partial charge in [-0.2, -0.15) is 0 Å². The van der Waals surface area contributed by atoms with Crippen molar-refractivity contribution < 1.29 is 9.53 Å². The highest BCUT2D eigenvalue weighted by Crippen LogP contribution is 2.36. The number of fused-ring (bicyclic) bond motifs is 1. The summed E-state index contributed by atoms with van der Waals surface area (Å²) in [4.78, 5) is 26.2. The Bertz CT molecular complexity index is 749. The van der Waals surface area contributed by atoms with Gasteiger partial charge >= 0.3 is 4.87 Å². The van der Waals surface area contributed by atoms with E-state index in [0.29, 0.717) is 12.3 Å². The van der Waals surface area contributed by atoms with Crippen LogP contribution >= 0.6 is 11.3 Å². The molecular weight excluding hydrogens is 300 g/mol. The molecule has 116 valence electrons. The smallest absolute Gasteiger partial charge is 0.307 e. The fourth-order valence-corrected chi connectivity index (χ4v) is 3.58. The highest BCUT2D eigenvalue weighted by Gasteiger charge is 2.26. The number of aryl methyl sites for hydroxylation is 2. The van der Waals surface area contributed by atoms with Crippen LogP contribution in [-0.2, 0) is 17.8 Å². The Hall–Kier alpha value is -2.08. The summed E-state index contributed by atoms with van der Waals surface area (Å²) < 4.78 is 6.94. The van der Waals surface area contributed by atoms with E-state index in [-0.39, 0.29) is 17.3 Å². The molecule has 1 aromatic carbocycles. The maximum Gasteiger partial charge on any atom is 0.307 e. The minimum absolute atomic E-state index is 0.0750. The average molecular weight is 318 g/mol. The molecule has 0 saturated heterocycles. The molecule has 0 bridgehead atoms. The van der Waals surface area contributed by atoms with E-state index in [1.807, 2.05) is 25.1 Å². The van der Waals surface area contributed by atoms with Crippen LogP contribution in [0.15, 0.2) is 28.4 Å². The molecule has 0 atom stereocenters. The molecule has 0 fully saturated rings. The third-order valence-corrected chi connectivity index (χ3v) is 4.85. The number of carbonyl (C=O) groups excluding carboxylic acids is 1. The number of hydrogen-bond acceptors (Lipinski definition) is 4. The molecule has 3 rings (SSSR count). The van der Waals surface area contributed by atoms with Gasteiger partial charge in [0, 0.05) is 17.6 Å². The molecule has 1 aromatic heterocycles. The Labute approximate surface area is 132 Å². The SMILES string of the molecule is COc1cccc2c1N(C(=O)Cn1c(C)csc1=O)CCC2. The normalized spacial score (nSPS) is 13.8. The van der Waals surface area contributed by atoms with Crippen molar-refractivity contribution in [2.75, 3.05) is 18.6 Å². The summed E-state index contributed by atoms with van der Waals surface area (Å²) in [6.45, 7) is 2.58. The fourth-order valence-electron chi connectivity index (χ4n) is 2.85. The first-order valence-electron chi connectivity index (χ1n) is 7.23. The van der Waals surface area contributed by atoms with Gasteiger partial charge in [0.2, 0.25) is 5.91 Å². The van der Waals surface area contributed by atoms with E-state index in [1.54, 1.807) is 17.4 Å². The second-order valence-electron chi connectivity index (χ2n) is 5.35. The number of rotatable bonds is 3. The minimum Gasteiger partial charge on any atom is -0.495 e. The Morgan fingerprint density at radius 1 is 1.41 bits per heavy atom. The lowest BCUT2D eigenvalue weighted by atomic mass is 10.0. The number of nitrogens with zero attached hydrogens (tertiary/aromatic N) is 2. The standard InChI is InChI=1S/C16H18N2O3S/c1-11-10-22-16(20)18(11)9-14(19)17-8-4-6-12-5-3-7-13(21-2)15(12)17/h3,5,7,10H,4,6,8-9H2,1-2H3. The van der Waals surface area contributed by atoms with Gasteiger partial charge in [-0.1, -0.05) is 23.5 Å². The summed E-state index contributed by atoms with van der Waals surface area (Å²) in [5, 5.41) is 1.78. The number of benzene rings is 1. The molecule has 5 nitrogen and oxygen atoms in total. The van der Waals surface area contributed by atoms with Gasteiger partial charge in [0.1, 0.15) is 12.3 Å². The number of ether oxygens (including phenoxy) is 1. The van der Waals surface area contributed by atoms with Crippen molar-refractivity contribution in [3.63, 3.8) is 0 Å². The summed E-state index contributed by atoms with van der Waals surface area (Å²) in [5.41, 5.74) is 2.79. The lowest BCUT2D eigenvalue weighted by Gasteiger charge is -2.31. The largest absolute Gasteiger partial charge is 0.495 e. The van der Waals surface area contributed by atoms with Crippen molar-refractivity contribution in [1.82, 2.24) is 4.57 Å². The van der Waals surface area contributed by atoms with Crippen LogP contribution in [0, 0.1) is 6.92 Å². The Morgan fingerprint density at radius 2 is 2.23 bits per heavy atom. The van der Waals surface area contributed by atoms with Crippen LogP contribution in [0.2, 0.25) is 0 Å². The van der Waals surface area contributed by atoms with E-state index in [4.69, 9.17) is 4.74 Å². The molecule has 0 saturated carbocycles. The zero-order valence-corrected chi connectivity index (χ0v) is 13.5. The van der Waals surface area contributed by atoms with Crippen molar-refractivity contribution in [2.24, 2.45) is 0 Å². The monoisotopic (exact) mass is 318 g/mol. The first kappa shape index (κ1) is 14.8. The molecule has 0 unspecified atom stereocenters. The second-order valence-corrected chi connectivity index (χ2v) is 6.17. The van der Waals surface area contributed by atoms with Gasteiger partial charge in [0.05, 0.1) is 12.8 Å². The molecule has 2 aromatic rings. The second kappa shape index (κ2) is 5.96. The molecule has 0 aliphatic carbocycles. The van der Waals surface area contributed by atoms with E-state index >= 15 is 0 Å². The van der Waals surface area contributed by atoms with Crippen molar-refractivity contribution in [3.8, 4) is 5.75 Å². The highest BCUT2D eigenvalue weighted by atomic mass is 32.1. The van der Waals surface area contributed by atoms with E-state index in [9.17, 15) is 9.59 Å². The third kappa shape index (κ3) is 2.54. The Balaban J connectivity index is 1.94. The van der Waals surface area contributed by atoms with Crippen LogP contribution in [0.3, 0.4) is 0 Å². The molecule has 1 amide bonds. The number of para-hydroxylation sites is 1. The topological polar surface area (TPSA) is 51.5 Å². The quantitative estimate of drug-likeness (QED) is 0.872. The summed E-state index contributed by atoms with van der Waals surface area (Å²) in [6, 6.07) is 5.84. The Morgan fingerprint density at radius 3 is 2.91 bits per heavy atom. The number of amides is 1. The van der Waals surface area contributed by atoms with E-state index in [0.717, 1.165) is 41.1 Å². The van der Waals surface area contributed by atoms with Crippen LogP contribution in [0.1, 0.15) is 17.7 Å². The summed E-state index contributed by atoms with van der Waals surface area (Å²) >= 11 is 1.12. The lowest BCUT2D eigenvalue weighted by Crippen LogP contribution is -2.39. The van der Waals surface area contributed by atoms with Gasteiger partial charge in [-0.05, 0) is 31.4 Å². The predicted octanol–water partition coefficient (Wildman–Crippen LogP) is 2.21. The van der Waals surface area contributed by atoms with Crippen molar-refractivity contribution in [2.45, 2.75) is 26.3 Å². The van der Waals surface area contributed by atoms with Crippen LogP contribution in [0.4, 0.5) is 5.69 Å². The van der Waals surface area contributed by atoms with Crippen LogP contribution in [0.25, 0.3) is 0 Å². The number of hydrogen-bond donors (Lipinski definition) is 0. The van der Waals surface area contributed by atoms with Crippen molar-refractivity contribution >= 4 is 22.9 Å². The first-order chi connectivity index (χ1) is 10.6. The van der Waals surface area contributed by atoms with Gasteiger partial charge in [0.15, 0.2) is 0 Å². The molecule has 0 radical (unpaired) electrons. The van der Waals surface area contributed by atoms with Gasteiger partial charge in [-0.3, -0.25) is 14.2 Å². The van der Waals surface area contributed by atoms with Crippen LogP contribution in [-0.4, -0.2) is 24.1 Å². The molecule has 22 heavy (non-hydrogen) atoms. The van der Waals surface area contributed by atoms with Crippen LogP contribution < -0.4 is 14.5 Å². The lowest BCUT2D eigenvalue weighted by molar-refractivity contribution is -0.119. The number of thiazole rings is 1. The summed E-state index contributed by atoms with van der Waals surface area (Å²) in [6.07, 6.45) is 1.86. The highest BCUT2D eigenvalue weighted by molar-refractivity contribution is 7.07. The third-order valence-electron chi connectivity index (χ3n) is 3.97. The van der Waals surface area contributed by atoms with Crippen molar-refractivity contribution in [3.05, 3.63) is 44.5 Å². The van der Waals surface area contributed by atoms with E-state index < -0.39 is 0 Å². The zero-order chi connectivity index (χ0) is 15.7. The molecule has 0 spiro atoms.